The van der Waals surface area contributed by atoms with Gasteiger partial charge in [0.05, 0.1) is 6.61 Å². The maximum absolute atomic E-state index is 12.3. The van der Waals surface area contributed by atoms with Crippen LogP contribution in [0, 0.1) is 5.92 Å². The highest BCUT2D eigenvalue weighted by atomic mass is 32.2. The van der Waals surface area contributed by atoms with Crippen molar-refractivity contribution >= 4 is 10.0 Å². The molecule has 0 aliphatic carbocycles. The first-order valence-corrected chi connectivity index (χ1v) is 7.36. The molecule has 0 bridgehead atoms. The molecule has 0 amide bonds. The summed E-state index contributed by atoms with van der Waals surface area (Å²) in [6, 6.07) is 6.63. The molecule has 1 fully saturated rings. The van der Waals surface area contributed by atoms with Crippen LogP contribution in [0.5, 0.6) is 5.75 Å². The van der Waals surface area contributed by atoms with E-state index in [4.69, 9.17) is 9.84 Å². The zero-order valence-corrected chi connectivity index (χ0v) is 11.1. The number of hydrogen-bond donors (Lipinski definition) is 1. The van der Waals surface area contributed by atoms with Crippen molar-refractivity contribution in [2.45, 2.75) is 11.8 Å². The van der Waals surface area contributed by atoms with Crippen LogP contribution in [-0.2, 0) is 10.0 Å². The molecule has 1 saturated heterocycles. The summed E-state index contributed by atoms with van der Waals surface area (Å²) in [7, 11) is -3.50. The van der Waals surface area contributed by atoms with E-state index in [1.165, 1.54) is 4.31 Å². The van der Waals surface area contributed by atoms with Gasteiger partial charge in [-0.2, -0.15) is 4.31 Å². The van der Waals surface area contributed by atoms with E-state index in [0.717, 1.165) is 0 Å². The molecule has 0 saturated carbocycles. The lowest BCUT2D eigenvalue weighted by Crippen LogP contribution is -2.51. The minimum atomic E-state index is -3.50. The summed E-state index contributed by atoms with van der Waals surface area (Å²) in [5.74, 6) is 0.437. The molecule has 6 heteroatoms. The summed E-state index contributed by atoms with van der Waals surface area (Å²) in [4.78, 5) is 0.197. The van der Waals surface area contributed by atoms with Crippen LogP contribution in [0.4, 0.5) is 0 Å². The number of benzene rings is 1. The fourth-order valence-corrected chi connectivity index (χ4v) is 3.64. The highest BCUT2D eigenvalue weighted by molar-refractivity contribution is 7.89. The first-order valence-electron chi connectivity index (χ1n) is 5.92. The molecule has 0 spiro atoms. The van der Waals surface area contributed by atoms with Gasteiger partial charge in [0.2, 0.25) is 10.0 Å². The molecule has 100 valence electrons. The Labute approximate surface area is 107 Å². The molecule has 1 heterocycles. The molecular weight excluding hydrogens is 254 g/mol. The minimum Gasteiger partial charge on any atom is -0.492 e. The average molecular weight is 271 g/mol. The van der Waals surface area contributed by atoms with Crippen molar-refractivity contribution in [1.29, 1.82) is 0 Å². The Bertz CT molecular complexity index is 509. The normalized spacial score (nSPS) is 17.4. The summed E-state index contributed by atoms with van der Waals surface area (Å²) in [5.41, 5.74) is 0. The Morgan fingerprint density at radius 3 is 2.67 bits per heavy atom. The number of ether oxygens (including phenoxy) is 1. The summed E-state index contributed by atoms with van der Waals surface area (Å²) in [5, 5.41) is 8.93. The van der Waals surface area contributed by atoms with Gasteiger partial charge in [-0.3, -0.25) is 0 Å². The molecule has 5 nitrogen and oxygen atoms in total. The van der Waals surface area contributed by atoms with E-state index in [-0.39, 0.29) is 17.4 Å². The Morgan fingerprint density at radius 1 is 1.39 bits per heavy atom. The number of aliphatic hydroxyl groups is 1. The summed E-state index contributed by atoms with van der Waals surface area (Å²) < 4.78 is 31.4. The highest BCUT2D eigenvalue weighted by Gasteiger charge is 2.37. The van der Waals surface area contributed by atoms with Crippen LogP contribution < -0.4 is 4.74 Å². The van der Waals surface area contributed by atoms with Crippen LogP contribution in [0.3, 0.4) is 0 Å². The number of nitrogens with zero attached hydrogens (tertiary/aromatic N) is 1. The second kappa shape index (κ2) is 5.26. The Hall–Kier alpha value is -1.11. The molecule has 0 atom stereocenters. The SMILES string of the molecule is CCOc1ccccc1S(=O)(=O)N1CC(CO)C1. The van der Waals surface area contributed by atoms with Gasteiger partial charge in [0.25, 0.3) is 0 Å². The maximum Gasteiger partial charge on any atom is 0.246 e. The molecule has 0 radical (unpaired) electrons. The van der Waals surface area contributed by atoms with Gasteiger partial charge in [-0.1, -0.05) is 12.1 Å². The van der Waals surface area contributed by atoms with Crippen molar-refractivity contribution in [3.8, 4) is 5.75 Å². The van der Waals surface area contributed by atoms with Crippen molar-refractivity contribution in [3.05, 3.63) is 24.3 Å². The van der Waals surface area contributed by atoms with Crippen LogP contribution in [0.1, 0.15) is 6.92 Å². The first-order chi connectivity index (χ1) is 8.59. The molecule has 1 aromatic rings. The number of para-hydroxylation sites is 1. The topological polar surface area (TPSA) is 66.8 Å². The molecule has 1 aromatic carbocycles. The smallest absolute Gasteiger partial charge is 0.246 e. The third-order valence-electron chi connectivity index (χ3n) is 2.95. The molecule has 18 heavy (non-hydrogen) atoms. The average Bonchev–Trinajstić information content (AvgIpc) is 2.28. The van der Waals surface area contributed by atoms with Crippen LogP contribution in [0.25, 0.3) is 0 Å². The number of hydrogen-bond acceptors (Lipinski definition) is 4. The third-order valence-corrected chi connectivity index (χ3v) is 4.82. The second-order valence-electron chi connectivity index (χ2n) is 4.25. The maximum atomic E-state index is 12.3. The fraction of sp³-hybridized carbons (Fsp3) is 0.500. The standard InChI is InChI=1S/C12H17NO4S/c1-2-17-11-5-3-4-6-12(11)18(15,16)13-7-10(8-13)9-14/h3-6,10,14H,2,7-9H2,1H3. The number of rotatable bonds is 5. The zero-order chi connectivity index (χ0) is 13.2. The lowest BCUT2D eigenvalue weighted by atomic mass is 10.1. The predicted molar refractivity (Wildman–Crippen MR) is 66.9 cm³/mol. The van der Waals surface area contributed by atoms with Crippen molar-refractivity contribution in [3.63, 3.8) is 0 Å². The van der Waals surface area contributed by atoms with E-state index in [0.29, 0.717) is 25.4 Å². The second-order valence-corrected chi connectivity index (χ2v) is 6.16. The molecule has 1 N–H and O–H groups in total. The van der Waals surface area contributed by atoms with Crippen molar-refractivity contribution in [2.24, 2.45) is 5.92 Å². The Kier molecular flexibility index (Phi) is 3.89. The van der Waals surface area contributed by atoms with Crippen LogP contribution in [0.15, 0.2) is 29.2 Å². The zero-order valence-electron chi connectivity index (χ0n) is 10.2. The Morgan fingerprint density at radius 2 is 2.06 bits per heavy atom. The number of aliphatic hydroxyl groups excluding tert-OH is 1. The van der Waals surface area contributed by atoms with E-state index < -0.39 is 10.0 Å². The lowest BCUT2D eigenvalue weighted by molar-refractivity contribution is 0.117. The van der Waals surface area contributed by atoms with Gasteiger partial charge in [-0.15, -0.1) is 0 Å². The molecule has 0 unspecified atom stereocenters. The largest absolute Gasteiger partial charge is 0.492 e. The highest BCUT2D eigenvalue weighted by Crippen LogP contribution is 2.30. The lowest BCUT2D eigenvalue weighted by Gasteiger charge is -2.37. The molecule has 1 aliphatic rings. The summed E-state index contributed by atoms with van der Waals surface area (Å²) >= 11 is 0. The van der Waals surface area contributed by atoms with E-state index in [9.17, 15) is 8.42 Å². The van der Waals surface area contributed by atoms with E-state index in [1.54, 1.807) is 24.3 Å². The summed E-state index contributed by atoms with van der Waals surface area (Å²) in [6.07, 6.45) is 0. The van der Waals surface area contributed by atoms with Crippen LogP contribution >= 0.6 is 0 Å². The van der Waals surface area contributed by atoms with E-state index >= 15 is 0 Å². The molecular formula is C12H17NO4S. The van der Waals surface area contributed by atoms with Crippen LogP contribution in [0.2, 0.25) is 0 Å². The monoisotopic (exact) mass is 271 g/mol. The van der Waals surface area contributed by atoms with Gasteiger partial charge in [0.15, 0.2) is 0 Å². The van der Waals surface area contributed by atoms with Gasteiger partial charge >= 0.3 is 0 Å². The van der Waals surface area contributed by atoms with Gasteiger partial charge in [-0.05, 0) is 19.1 Å². The van der Waals surface area contributed by atoms with Crippen LogP contribution in [-0.4, -0.2) is 44.1 Å². The summed E-state index contributed by atoms with van der Waals surface area (Å²) in [6.45, 7) is 3.01. The quantitative estimate of drug-likeness (QED) is 0.856. The Balaban J connectivity index is 2.25. The van der Waals surface area contributed by atoms with Gasteiger partial charge in [0.1, 0.15) is 10.6 Å². The third kappa shape index (κ3) is 2.36. The minimum absolute atomic E-state index is 0.0269. The molecule has 0 aromatic heterocycles. The van der Waals surface area contributed by atoms with Crippen molar-refractivity contribution in [2.75, 3.05) is 26.3 Å². The van der Waals surface area contributed by atoms with Crippen molar-refractivity contribution in [1.82, 2.24) is 4.31 Å². The predicted octanol–water partition coefficient (Wildman–Crippen LogP) is 0.698. The van der Waals surface area contributed by atoms with Gasteiger partial charge in [-0.25, -0.2) is 8.42 Å². The first kappa shape index (κ1) is 13.3. The molecule has 1 aliphatic heterocycles. The number of sulfonamides is 1. The van der Waals surface area contributed by atoms with E-state index in [2.05, 4.69) is 0 Å². The van der Waals surface area contributed by atoms with E-state index in [1.807, 2.05) is 6.92 Å². The fourth-order valence-electron chi connectivity index (χ4n) is 1.91. The van der Waals surface area contributed by atoms with Crippen molar-refractivity contribution < 1.29 is 18.3 Å². The van der Waals surface area contributed by atoms with Gasteiger partial charge in [0, 0.05) is 25.6 Å². The van der Waals surface area contributed by atoms with Gasteiger partial charge < -0.3 is 9.84 Å². The molecule has 2 rings (SSSR count).